The summed E-state index contributed by atoms with van der Waals surface area (Å²) in [7, 11) is 0. The van der Waals surface area contributed by atoms with Crippen LogP contribution in [0.25, 0.3) is 0 Å². The maximum absolute atomic E-state index is 11.8. The van der Waals surface area contributed by atoms with Crippen molar-refractivity contribution in [3.8, 4) is 0 Å². The van der Waals surface area contributed by atoms with Crippen molar-refractivity contribution >= 4 is 17.5 Å². The van der Waals surface area contributed by atoms with E-state index >= 15 is 0 Å². The Morgan fingerprint density at radius 1 is 1.53 bits per heavy atom. The molecular formula is C13H14ClN3O2. The van der Waals surface area contributed by atoms with Crippen LogP contribution in [0.5, 0.6) is 0 Å². The highest BCUT2D eigenvalue weighted by Gasteiger charge is 2.15. The third-order valence-corrected chi connectivity index (χ3v) is 3.14. The summed E-state index contributed by atoms with van der Waals surface area (Å²) in [5, 5.41) is 19.6. The molecule has 1 amide bonds. The molecule has 2 rings (SSSR count). The molecule has 5 nitrogen and oxygen atoms in total. The number of carbonyl (C=O) groups is 1. The summed E-state index contributed by atoms with van der Waals surface area (Å²) >= 11 is 5.97. The zero-order valence-electron chi connectivity index (χ0n) is 10.4. The molecule has 1 aromatic carbocycles. The third kappa shape index (κ3) is 3.13. The number of aryl methyl sites for hydroxylation is 1. The lowest BCUT2D eigenvalue weighted by atomic mass is 10.1. The highest BCUT2D eigenvalue weighted by Crippen LogP contribution is 2.21. The normalized spacial score (nSPS) is 12.2. The molecule has 0 spiro atoms. The molecule has 0 aliphatic heterocycles. The van der Waals surface area contributed by atoms with Gasteiger partial charge in [-0.05, 0) is 13.0 Å². The molecule has 6 heteroatoms. The van der Waals surface area contributed by atoms with E-state index in [1.807, 2.05) is 0 Å². The molecule has 0 saturated heterocycles. The molecule has 19 heavy (non-hydrogen) atoms. The highest BCUT2D eigenvalue weighted by molar-refractivity contribution is 6.31. The Morgan fingerprint density at radius 3 is 2.89 bits per heavy atom. The van der Waals surface area contributed by atoms with Crippen molar-refractivity contribution in [2.45, 2.75) is 13.0 Å². The molecule has 0 radical (unpaired) electrons. The van der Waals surface area contributed by atoms with Crippen LogP contribution >= 0.6 is 11.6 Å². The van der Waals surface area contributed by atoms with E-state index in [9.17, 15) is 9.90 Å². The molecule has 100 valence electrons. The number of aromatic nitrogens is 2. The minimum absolute atomic E-state index is 0.0905. The second-order valence-electron chi connectivity index (χ2n) is 4.16. The van der Waals surface area contributed by atoms with Crippen LogP contribution in [0.2, 0.25) is 5.02 Å². The summed E-state index contributed by atoms with van der Waals surface area (Å²) in [6.45, 7) is 1.85. The maximum atomic E-state index is 11.8. The zero-order valence-corrected chi connectivity index (χ0v) is 11.1. The van der Waals surface area contributed by atoms with E-state index < -0.39 is 6.10 Å². The molecule has 2 aromatic rings. The lowest BCUT2D eigenvalue weighted by Gasteiger charge is -2.13. The van der Waals surface area contributed by atoms with Crippen molar-refractivity contribution in [3.63, 3.8) is 0 Å². The van der Waals surface area contributed by atoms with E-state index in [1.54, 1.807) is 31.2 Å². The number of hydrogen-bond donors (Lipinski definition) is 3. The van der Waals surface area contributed by atoms with Gasteiger partial charge in [-0.3, -0.25) is 9.89 Å². The van der Waals surface area contributed by atoms with Crippen molar-refractivity contribution in [2.75, 3.05) is 6.54 Å². The first-order chi connectivity index (χ1) is 9.09. The minimum atomic E-state index is -0.843. The summed E-state index contributed by atoms with van der Waals surface area (Å²) in [4.78, 5) is 11.8. The number of rotatable bonds is 4. The summed E-state index contributed by atoms with van der Waals surface area (Å²) in [6.07, 6.45) is 0.608. The number of aliphatic hydroxyl groups excluding tert-OH is 1. The van der Waals surface area contributed by atoms with Crippen LogP contribution in [0, 0.1) is 6.92 Å². The van der Waals surface area contributed by atoms with Crippen LogP contribution < -0.4 is 5.32 Å². The first-order valence-corrected chi connectivity index (χ1v) is 6.18. The van der Waals surface area contributed by atoms with Gasteiger partial charge in [0.15, 0.2) is 0 Å². The summed E-state index contributed by atoms with van der Waals surface area (Å²) in [5.41, 5.74) is 1.74. The fourth-order valence-electron chi connectivity index (χ4n) is 1.72. The molecule has 0 aliphatic carbocycles. The maximum Gasteiger partial charge on any atom is 0.254 e. The van der Waals surface area contributed by atoms with E-state index in [-0.39, 0.29) is 12.5 Å². The van der Waals surface area contributed by atoms with Gasteiger partial charge in [-0.15, -0.1) is 0 Å². The van der Waals surface area contributed by atoms with Gasteiger partial charge in [0.05, 0.1) is 17.9 Å². The van der Waals surface area contributed by atoms with Crippen LogP contribution in [0.4, 0.5) is 0 Å². The molecular weight excluding hydrogens is 266 g/mol. The second kappa shape index (κ2) is 5.86. The Hall–Kier alpha value is -1.85. The van der Waals surface area contributed by atoms with Gasteiger partial charge in [0.25, 0.3) is 5.91 Å². The van der Waals surface area contributed by atoms with E-state index in [2.05, 4.69) is 15.5 Å². The van der Waals surface area contributed by atoms with Crippen LogP contribution in [0.1, 0.15) is 27.7 Å². The minimum Gasteiger partial charge on any atom is -0.387 e. The van der Waals surface area contributed by atoms with Gasteiger partial charge < -0.3 is 10.4 Å². The quantitative estimate of drug-likeness (QED) is 0.799. The van der Waals surface area contributed by atoms with Crippen LogP contribution in [-0.4, -0.2) is 27.8 Å². The summed E-state index contributed by atoms with van der Waals surface area (Å²) < 4.78 is 0. The predicted octanol–water partition coefficient (Wildman–Crippen LogP) is 1.83. The topological polar surface area (TPSA) is 78.0 Å². The Balaban J connectivity index is 1.98. The molecule has 0 aliphatic rings. The largest absolute Gasteiger partial charge is 0.387 e. The van der Waals surface area contributed by atoms with Crippen molar-refractivity contribution in [2.24, 2.45) is 0 Å². The number of aromatic amines is 1. The molecule has 0 bridgehead atoms. The smallest absolute Gasteiger partial charge is 0.254 e. The number of benzene rings is 1. The predicted molar refractivity (Wildman–Crippen MR) is 72.1 cm³/mol. The molecule has 0 fully saturated rings. The van der Waals surface area contributed by atoms with Gasteiger partial charge in [-0.1, -0.05) is 29.8 Å². The van der Waals surface area contributed by atoms with Crippen molar-refractivity contribution in [1.82, 2.24) is 15.5 Å². The number of nitrogens with zero attached hydrogens (tertiary/aromatic N) is 1. The molecule has 1 aromatic heterocycles. The van der Waals surface area contributed by atoms with E-state index in [0.717, 1.165) is 0 Å². The van der Waals surface area contributed by atoms with Crippen LogP contribution in [-0.2, 0) is 0 Å². The molecule has 1 atom stereocenters. The first-order valence-electron chi connectivity index (χ1n) is 5.80. The SMILES string of the molecule is Cc1[nH]ncc1C(=O)NCC(O)c1ccccc1Cl. The molecule has 0 saturated carbocycles. The fourth-order valence-corrected chi connectivity index (χ4v) is 1.98. The lowest BCUT2D eigenvalue weighted by molar-refractivity contribution is 0.0916. The number of nitrogens with one attached hydrogen (secondary N) is 2. The standard InChI is InChI=1S/C13H14ClN3O2/c1-8-10(6-16-17-8)13(19)15-7-12(18)9-4-2-3-5-11(9)14/h2-6,12,18H,7H2,1H3,(H,15,19)(H,16,17). The third-order valence-electron chi connectivity index (χ3n) is 2.79. The Kier molecular flexibility index (Phi) is 4.19. The van der Waals surface area contributed by atoms with E-state index in [4.69, 9.17) is 11.6 Å². The van der Waals surface area contributed by atoms with E-state index in [0.29, 0.717) is 21.8 Å². The Labute approximate surface area is 115 Å². The number of halogens is 1. The van der Waals surface area contributed by atoms with Gasteiger partial charge in [0, 0.05) is 22.8 Å². The van der Waals surface area contributed by atoms with Crippen molar-refractivity contribution in [3.05, 3.63) is 52.3 Å². The number of amides is 1. The van der Waals surface area contributed by atoms with Crippen LogP contribution in [0.3, 0.4) is 0 Å². The zero-order chi connectivity index (χ0) is 13.8. The average molecular weight is 280 g/mol. The highest BCUT2D eigenvalue weighted by atomic mass is 35.5. The summed E-state index contributed by atoms with van der Waals surface area (Å²) in [6, 6.07) is 6.99. The monoisotopic (exact) mass is 279 g/mol. The van der Waals surface area contributed by atoms with Gasteiger partial charge >= 0.3 is 0 Å². The lowest BCUT2D eigenvalue weighted by Crippen LogP contribution is -2.28. The number of H-pyrrole nitrogens is 1. The Morgan fingerprint density at radius 2 is 2.26 bits per heavy atom. The van der Waals surface area contributed by atoms with Crippen molar-refractivity contribution < 1.29 is 9.90 Å². The van der Waals surface area contributed by atoms with Gasteiger partial charge in [0.1, 0.15) is 0 Å². The van der Waals surface area contributed by atoms with Crippen LogP contribution in [0.15, 0.2) is 30.5 Å². The van der Waals surface area contributed by atoms with E-state index in [1.165, 1.54) is 6.20 Å². The Bertz CT molecular complexity index is 583. The van der Waals surface area contributed by atoms with Gasteiger partial charge in [-0.2, -0.15) is 5.10 Å². The summed E-state index contributed by atoms with van der Waals surface area (Å²) in [5.74, 6) is -0.280. The first kappa shape index (κ1) is 13.6. The van der Waals surface area contributed by atoms with Gasteiger partial charge in [-0.25, -0.2) is 0 Å². The van der Waals surface area contributed by atoms with Crippen molar-refractivity contribution in [1.29, 1.82) is 0 Å². The molecule has 1 unspecified atom stereocenters. The number of hydrogen-bond acceptors (Lipinski definition) is 3. The second-order valence-corrected chi connectivity index (χ2v) is 4.56. The number of carbonyl (C=O) groups excluding carboxylic acids is 1. The number of aliphatic hydroxyl groups is 1. The fraction of sp³-hybridized carbons (Fsp3) is 0.231. The molecule has 1 heterocycles. The van der Waals surface area contributed by atoms with Gasteiger partial charge in [0.2, 0.25) is 0 Å². The molecule has 3 N–H and O–H groups in total. The average Bonchev–Trinajstić information content (AvgIpc) is 2.82.